The molecule has 1 aliphatic rings. The first-order chi connectivity index (χ1) is 11.6. The summed E-state index contributed by atoms with van der Waals surface area (Å²) in [6.45, 7) is 2.66. The van der Waals surface area contributed by atoms with Gasteiger partial charge in [0.15, 0.2) is 0 Å². The van der Waals surface area contributed by atoms with Crippen LogP contribution in [0.25, 0.3) is 0 Å². The lowest BCUT2D eigenvalue weighted by Gasteiger charge is -2.07. The molecule has 0 aliphatic carbocycles. The first-order valence-corrected chi connectivity index (χ1v) is 9.31. The minimum atomic E-state index is -0.747. The molecule has 138 valence electrons. The zero-order chi connectivity index (χ0) is 17.6. The monoisotopic (exact) mass is 341 g/mol. The van der Waals surface area contributed by atoms with Gasteiger partial charge in [-0.05, 0) is 12.8 Å². The lowest BCUT2D eigenvalue weighted by Crippen LogP contribution is -2.29. The molecule has 0 radical (unpaired) electrons. The Labute approximate surface area is 144 Å². The van der Waals surface area contributed by atoms with Crippen molar-refractivity contribution < 1.29 is 23.9 Å². The highest BCUT2D eigenvalue weighted by Gasteiger charge is 2.32. The lowest BCUT2D eigenvalue weighted by molar-refractivity contribution is -0.144. The SMILES string of the molecule is CCCCCCCCCCCCOC(=O)CCC1NC(=O)OC1=O. The Morgan fingerprint density at radius 1 is 1.00 bits per heavy atom. The standard InChI is InChI=1S/C18H31NO5/c1-2-3-4-5-6-7-8-9-10-11-14-23-16(20)13-12-15-17(21)24-18(22)19-15/h15H,2-14H2,1H3,(H,19,22). The lowest BCUT2D eigenvalue weighted by atomic mass is 10.1. The second-order valence-corrected chi connectivity index (χ2v) is 6.35. The second kappa shape index (κ2) is 12.8. The Hall–Kier alpha value is -1.59. The minimum Gasteiger partial charge on any atom is -0.466 e. The van der Waals surface area contributed by atoms with E-state index in [4.69, 9.17) is 4.74 Å². The molecule has 1 aliphatic heterocycles. The summed E-state index contributed by atoms with van der Waals surface area (Å²) in [4.78, 5) is 33.6. The van der Waals surface area contributed by atoms with Crippen molar-refractivity contribution in [2.24, 2.45) is 0 Å². The molecule has 1 fully saturated rings. The maximum atomic E-state index is 11.6. The molecule has 1 unspecified atom stereocenters. The summed E-state index contributed by atoms with van der Waals surface area (Å²) in [5, 5.41) is 2.35. The third-order valence-electron chi connectivity index (χ3n) is 4.17. The highest BCUT2D eigenvalue weighted by atomic mass is 16.6. The van der Waals surface area contributed by atoms with Crippen molar-refractivity contribution in [2.45, 2.75) is 90.0 Å². The van der Waals surface area contributed by atoms with Gasteiger partial charge in [-0.15, -0.1) is 0 Å². The van der Waals surface area contributed by atoms with Crippen molar-refractivity contribution in [1.29, 1.82) is 0 Å². The number of alkyl carbamates (subject to hydrolysis) is 1. The average Bonchev–Trinajstić information content (AvgIpc) is 2.88. The number of carbonyl (C=O) groups excluding carboxylic acids is 3. The first kappa shape index (κ1) is 20.5. The van der Waals surface area contributed by atoms with Crippen LogP contribution in [0.15, 0.2) is 0 Å². The highest BCUT2D eigenvalue weighted by molar-refractivity contribution is 5.95. The maximum absolute atomic E-state index is 11.6. The van der Waals surface area contributed by atoms with Crippen LogP contribution in [0.4, 0.5) is 4.79 Å². The van der Waals surface area contributed by atoms with Gasteiger partial charge in [-0.3, -0.25) is 4.79 Å². The van der Waals surface area contributed by atoms with Crippen LogP contribution < -0.4 is 5.32 Å². The number of cyclic esters (lactones) is 2. The molecule has 1 saturated heterocycles. The summed E-state index contributed by atoms with van der Waals surface area (Å²) < 4.78 is 9.47. The van der Waals surface area contributed by atoms with E-state index in [0.29, 0.717) is 6.61 Å². The molecule has 0 spiro atoms. The Morgan fingerprint density at radius 3 is 2.12 bits per heavy atom. The number of hydrogen-bond acceptors (Lipinski definition) is 5. The summed E-state index contributed by atoms with van der Waals surface area (Å²) in [6.07, 6.45) is 11.9. The number of esters is 2. The first-order valence-electron chi connectivity index (χ1n) is 9.31. The van der Waals surface area contributed by atoms with Crippen molar-refractivity contribution in [3.8, 4) is 0 Å². The van der Waals surface area contributed by atoms with Gasteiger partial charge >= 0.3 is 18.0 Å². The van der Waals surface area contributed by atoms with E-state index < -0.39 is 18.1 Å². The van der Waals surface area contributed by atoms with Gasteiger partial charge in [0.05, 0.1) is 6.61 Å². The Bertz CT molecular complexity index is 397. The topological polar surface area (TPSA) is 81.7 Å². The molecule has 1 N–H and O–H groups in total. The van der Waals surface area contributed by atoms with Crippen molar-refractivity contribution in [2.75, 3.05) is 6.61 Å². The van der Waals surface area contributed by atoms with Gasteiger partial charge < -0.3 is 14.8 Å². The molecule has 1 atom stereocenters. The van der Waals surface area contributed by atoms with Crippen LogP contribution in [0.1, 0.15) is 84.0 Å². The van der Waals surface area contributed by atoms with Crippen molar-refractivity contribution in [1.82, 2.24) is 5.32 Å². The summed E-state index contributed by atoms with van der Waals surface area (Å²) in [5.74, 6) is -0.956. The van der Waals surface area contributed by atoms with Gasteiger partial charge in [0.1, 0.15) is 6.04 Å². The van der Waals surface area contributed by atoms with Gasteiger partial charge in [-0.1, -0.05) is 64.7 Å². The number of unbranched alkanes of at least 4 members (excludes halogenated alkanes) is 9. The van der Waals surface area contributed by atoms with Gasteiger partial charge in [0.2, 0.25) is 0 Å². The molecule has 1 heterocycles. The fourth-order valence-corrected chi connectivity index (χ4v) is 2.69. The molecular formula is C18H31NO5. The number of rotatable bonds is 14. The van der Waals surface area contributed by atoms with E-state index in [1.807, 2.05) is 0 Å². The quantitative estimate of drug-likeness (QED) is 0.295. The molecule has 1 amide bonds. The molecule has 1 rings (SSSR count). The van der Waals surface area contributed by atoms with E-state index in [0.717, 1.165) is 12.8 Å². The molecule has 6 nitrogen and oxygen atoms in total. The smallest absolute Gasteiger partial charge is 0.415 e. The summed E-state index contributed by atoms with van der Waals surface area (Å²) in [5.41, 5.74) is 0. The van der Waals surface area contributed by atoms with Crippen LogP contribution in [0.3, 0.4) is 0 Å². The zero-order valence-corrected chi connectivity index (χ0v) is 14.8. The fourth-order valence-electron chi connectivity index (χ4n) is 2.69. The fraction of sp³-hybridized carbons (Fsp3) is 0.833. The van der Waals surface area contributed by atoms with Gasteiger partial charge in [-0.25, -0.2) is 9.59 Å². The van der Waals surface area contributed by atoms with Crippen molar-refractivity contribution in [3.05, 3.63) is 0 Å². The molecule has 0 saturated carbocycles. The minimum absolute atomic E-state index is 0.109. The van der Waals surface area contributed by atoms with Crippen molar-refractivity contribution >= 4 is 18.0 Å². The molecule has 0 bridgehead atoms. The number of amides is 1. The van der Waals surface area contributed by atoms with Crippen LogP contribution >= 0.6 is 0 Å². The van der Waals surface area contributed by atoms with E-state index in [-0.39, 0.29) is 18.8 Å². The molecule has 0 aromatic carbocycles. The summed E-state index contributed by atoms with van der Waals surface area (Å²) in [7, 11) is 0. The summed E-state index contributed by atoms with van der Waals surface area (Å²) >= 11 is 0. The van der Waals surface area contributed by atoms with Gasteiger partial charge in [-0.2, -0.15) is 0 Å². The van der Waals surface area contributed by atoms with E-state index in [1.165, 1.54) is 51.4 Å². The molecule has 6 heteroatoms. The third-order valence-corrected chi connectivity index (χ3v) is 4.17. The maximum Gasteiger partial charge on any atom is 0.415 e. The van der Waals surface area contributed by atoms with E-state index in [2.05, 4.69) is 17.0 Å². The molecule has 0 aromatic heterocycles. The second-order valence-electron chi connectivity index (χ2n) is 6.35. The van der Waals surface area contributed by atoms with Crippen LogP contribution in [0, 0.1) is 0 Å². The van der Waals surface area contributed by atoms with Crippen LogP contribution in [-0.4, -0.2) is 30.7 Å². The Balaban J connectivity index is 1.86. The van der Waals surface area contributed by atoms with E-state index in [9.17, 15) is 14.4 Å². The number of hydrogen-bond donors (Lipinski definition) is 1. The number of carbonyl (C=O) groups is 3. The summed E-state index contributed by atoms with van der Waals surface area (Å²) in [6, 6.07) is -0.720. The number of ether oxygens (including phenoxy) is 2. The van der Waals surface area contributed by atoms with Crippen LogP contribution in [-0.2, 0) is 19.1 Å². The van der Waals surface area contributed by atoms with E-state index in [1.54, 1.807) is 0 Å². The Morgan fingerprint density at radius 2 is 1.58 bits per heavy atom. The molecular weight excluding hydrogens is 310 g/mol. The third kappa shape index (κ3) is 9.53. The largest absolute Gasteiger partial charge is 0.466 e. The average molecular weight is 341 g/mol. The normalized spacial score (nSPS) is 16.8. The van der Waals surface area contributed by atoms with Crippen molar-refractivity contribution in [3.63, 3.8) is 0 Å². The molecule has 24 heavy (non-hydrogen) atoms. The van der Waals surface area contributed by atoms with Crippen LogP contribution in [0.2, 0.25) is 0 Å². The van der Waals surface area contributed by atoms with E-state index >= 15 is 0 Å². The van der Waals surface area contributed by atoms with Gasteiger partial charge in [0, 0.05) is 6.42 Å². The number of nitrogens with one attached hydrogen (secondary N) is 1. The highest BCUT2D eigenvalue weighted by Crippen LogP contribution is 2.11. The van der Waals surface area contributed by atoms with Gasteiger partial charge in [0.25, 0.3) is 0 Å². The zero-order valence-electron chi connectivity index (χ0n) is 14.8. The molecule has 0 aromatic rings. The Kier molecular flexibility index (Phi) is 10.9. The van der Waals surface area contributed by atoms with Crippen LogP contribution in [0.5, 0.6) is 0 Å². The predicted molar refractivity (Wildman–Crippen MR) is 90.4 cm³/mol. The predicted octanol–water partition coefficient (Wildman–Crippen LogP) is 3.87.